The van der Waals surface area contributed by atoms with E-state index >= 15 is 0 Å². The van der Waals surface area contributed by atoms with E-state index in [2.05, 4.69) is 55.4 Å². The molecule has 0 rings (SSSR count). The lowest BCUT2D eigenvalue weighted by Crippen LogP contribution is -2.50. The Hall–Kier alpha value is -1.10. The SMILES string of the molecule is CC(C)CC(/C(=C/C(=O)O)C(=O)O)[Si](C(C)C)(C(C)C)C(C)C. The molecule has 0 aromatic carbocycles. The van der Waals surface area contributed by atoms with Crippen LogP contribution in [0.4, 0.5) is 0 Å². The van der Waals surface area contributed by atoms with Crippen molar-refractivity contribution in [2.24, 2.45) is 5.92 Å². The molecular weight excluding hydrogens is 308 g/mol. The molecule has 23 heavy (non-hydrogen) atoms. The van der Waals surface area contributed by atoms with Crippen molar-refractivity contribution in [2.75, 3.05) is 0 Å². The highest BCUT2D eigenvalue weighted by Gasteiger charge is 2.51. The zero-order valence-electron chi connectivity index (χ0n) is 15.9. The molecule has 0 amide bonds. The van der Waals surface area contributed by atoms with Crippen LogP contribution in [0.1, 0.15) is 61.8 Å². The number of carbonyl (C=O) groups is 2. The van der Waals surface area contributed by atoms with E-state index in [1.165, 1.54) is 0 Å². The van der Waals surface area contributed by atoms with Crippen molar-refractivity contribution in [3.8, 4) is 0 Å². The molecule has 0 spiro atoms. The molecule has 0 aromatic heterocycles. The van der Waals surface area contributed by atoms with E-state index in [4.69, 9.17) is 0 Å². The highest BCUT2D eigenvalue weighted by atomic mass is 28.3. The third-order valence-corrected chi connectivity index (χ3v) is 13.0. The summed E-state index contributed by atoms with van der Waals surface area (Å²) < 4.78 is 0. The number of hydrogen-bond donors (Lipinski definition) is 2. The van der Waals surface area contributed by atoms with E-state index < -0.39 is 20.0 Å². The molecule has 1 unspecified atom stereocenters. The minimum atomic E-state index is -2.12. The first-order chi connectivity index (χ1) is 10.4. The first kappa shape index (κ1) is 21.9. The molecule has 0 bridgehead atoms. The second-order valence-corrected chi connectivity index (χ2v) is 14.1. The number of hydrogen-bond acceptors (Lipinski definition) is 2. The summed E-state index contributed by atoms with van der Waals surface area (Å²) in [5, 5.41) is 18.9. The minimum absolute atomic E-state index is 0.0916. The molecule has 0 saturated carbocycles. The van der Waals surface area contributed by atoms with Crippen LogP contribution in [0.15, 0.2) is 11.6 Å². The van der Waals surface area contributed by atoms with Crippen LogP contribution in [0.5, 0.6) is 0 Å². The summed E-state index contributed by atoms with van der Waals surface area (Å²) in [4.78, 5) is 23.1. The second kappa shape index (κ2) is 8.67. The zero-order chi connectivity index (χ0) is 18.5. The van der Waals surface area contributed by atoms with Crippen LogP contribution < -0.4 is 0 Å². The van der Waals surface area contributed by atoms with Gasteiger partial charge in [-0.2, -0.15) is 0 Å². The van der Waals surface area contributed by atoms with Gasteiger partial charge in [0, 0.05) is 11.6 Å². The quantitative estimate of drug-likeness (QED) is 0.447. The average Bonchev–Trinajstić information content (AvgIpc) is 2.32. The molecule has 0 saturated heterocycles. The molecule has 0 aliphatic rings. The number of rotatable bonds is 9. The lowest BCUT2D eigenvalue weighted by Gasteiger charge is -2.50. The number of carboxylic acid groups (broad SMARTS) is 2. The van der Waals surface area contributed by atoms with Crippen molar-refractivity contribution in [2.45, 2.75) is 84.0 Å². The molecule has 0 fully saturated rings. The Labute approximate surface area is 142 Å². The fourth-order valence-corrected chi connectivity index (χ4v) is 12.8. The molecule has 1 atom stereocenters. The Kier molecular flexibility index (Phi) is 8.25. The smallest absolute Gasteiger partial charge is 0.331 e. The Balaban J connectivity index is 6.50. The van der Waals surface area contributed by atoms with Crippen LogP contribution in [0.2, 0.25) is 22.2 Å². The van der Waals surface area contributed by atoms with Crippen LogP contribution in [-0.4, -0.2) is 30.2 Å². The highest BCUT2D eigenvalue weighted by Crippen LogP contribution is 2.54. The summed E-state index contributed by atoms with van der Waals surface area (Å²) in [5.41, 5.74) is 1.07. The monoisotopic (exact) mass is 342 g/mol. The summed E-state index contributed by atoms with van der Waals surface area (Å²) in [6.45, 7) is 17.2. The van der Waals surface area contributed by atoms with Gasteiger partial charge in [0.2, 0.25) is 0 Å². The van der Waals surface area contributed by atoms with Gasteiger partial charge >= 0.3 is 11.9 Å². The van der Waals surface area contributed by atoms with Gasteiger partial charge < -0.3 is 10.2 Å². The molecule has 5 heteroatoms. The summed E-state index contributed by atoms with van der Waals surface area (Å²) in [7, 11) is -2.12. The van der Waals surface area contributed by atoms with Crippen LogP contribution >= 0.6 is 0 Å². The molecule has 2 N–H and O–H groups in total. The van der Waals surface area contributed by atoms with Gasteiger partial charge in [0.1, 0.15) is 0 Å². The average molecular weight is 343 g/mol. The molecule has 0 heterocycles. The standard InChI is InChI=1S/C18H34O4Si/c1-11(2)9-16(15(18(21)22)10-17(19)20)23(12(3)4,13(5)6)14(7)8/h10-14,16H,9H2,1-8H3,(H,19,20)(H,21,22)/b15-10-. The van der Waals surface area contributed by atoms with Gasteiger partial charge in [-0.15, -0.1) is 0 Å². The van der Waals surface area contributed by atoms with Gasteiger partial charge in [-0.25, -0.2) is 9.59 Å². The van der Waals surface area contributed by atoms with Crippen molar-refractivity contribution in [1.29, 1.82) is 0 Å². The summed E-state index contributed by atoms with van der Waals surface area (Å²) in [6.07, 6.45) is 1.66. The number of carboxylic acids is 2. The normalized spacial score (nSPS) is 14.9. The molecule has 4 nitrogen and oxygen atoms in total. The van der Waals surface area contributed by atoms with E-state index in [1.54, 1.807) is 0 Å². The van der Waals surface area contributed by atoms with E-state index in [0.717, 1.165) is 12.5 Å². The van der Waals surface area contributed by atoms with Gasteiger partial charge in [-0.05, 0) is 17.9 Å². The molecule has 134 valence electrons. The van der Waals surface area contributed by atoms with E-state index in [9.17, 15) is 19.8 Å². The molecular formula is C18H34O4Si. The maximum atomic E-state index is 11.9. The fourth-order valence-electron chi connectivity index (χ4n) is 4.72. The predicted octanol–water partition coefficient (Wildman–Crippen LogP) is 5.18. The third kappa shape index (κ3) is 4.93. The Morgan fingerprint density at radius 2 is 1.26 bits per heavy atom. The summed E-state index contributed by atoms with van der Waals surface area (Å²) >= 11 is 0. The van der Waals surface area contributed by atoms with Crippen LogP contribution in [-0.2, 0) is 9.59 Å². The summed E-state index contributed by atoms with van der Waals surface area (Å²) in [6, 6.07) is 0. The van der Waals surface area contributed by atoms with Crippen molar-refractivity contribution in [3.63, 3.8) is 0 Å². The van der Waals surface area contributed by atoms with Gasteiger partial charge in [-0.3, -0.25) is 0 Å². The van der Waals surface area contributed by atoms with E-state index in [0.29, 0.717) is 22.5 Å². The van der Waals surface area contributed by atoms with Crippen LogP contribution in [0.3, 0.4) is 0 Å². The maximum Gasteiger partial charge on any atom is 0.331 e. The Bertz CT molecular complexity index is 428. The van der Waals surface area contributed by atoms with Crippen LogP contribution in [0, 0.1) is 5.92 Å². The molecule has 0 aromatic rings. The molecule has 0 radical (unpaired) electrons. The highest BCUT2D eigenvalue weighted by molar-refractivity contribution is 6.85. The maximum absolute atomic E-state index is 11.9. The predicted molar refractivity (Wildman–Crippen MR) is 97.6 cm³/mol. The first-order valence-electron chi connectivity index (χ1n) is 8.56. The first-order valence-corrected chi connectivity index (χ1v) is 10.9. The largest absolute Gasteiger partial charge is 0.478 e. The van der Waals surface area contributed by atoms with Crippen molar-refractivity contribution < 1.29 is 19.8 Å². The molecule has 0 aliphatic heterocycles. The van der Waals surface area contributed by atoms with Gasteiger partial charge in [0.25, 0.3) is 0 Å². The van der Waals surface area contributed by atoms with Gasteiger partial charge in [-0.1, -0.05) is 72.0 Å². The van der Waals surface area contributed by atoms with Crippen molar-refractivity contribution in [1.82, 2.24) is 0 Å². The van der Waals surface area contributed by atoms with Crippen LogP contribution in [0.25, 0.3) is 0 Å². The van der Waals surface area contributed by atoms with Gasteiger partial charge in [0.05, 0.1) is 8.07 Å². The van der Waals surface area contributed by atoms with E-state index in [1.807, 2.05) is 0 Å². The fraction of sp³-hybridized carbons (Fsp3) is 0.778. The Morgan fingerprint density at radius 1 is 0.870 bits per heavy atom. The van der Waals surface area contributed by atoms with Crippen molar-refractivity contribution >= 4 is 20.0 Å². The Morgan fingerprint density at radius 3 is 1.48 bits per heavy atom. The molecule has 0 aliphatic carbocycles. The second-order valence-electron chi connectivity index (χ2n) is 7.89. The number of aliphatic carboxylic acids is 2. The lowest BCUT2D eigenvalue weighted by molar-refractivity contribution is -0.135. The van der Waals surface area contributed by atoms with E-state index in [-0.39, 0.29) is 11.1 Å². The zero-order valence-corrected chi connectivity index (χ0v) is 16.9. The summed E-state index contributed by atoms with van der Waals surface area (Å²) in [5.74, 6) is -1.94. The van der Waals surface area contributed by atoms with Gasteiger partial charge in [0.15, 0.2) is 0 Å². The lowest BCUT2D eigenvalue weighted by atomic mass is 10.0. The topological polar surface area (TPSA) is 74.6 Å². The third-order valence-electron chi connectivity index (χ3n) is 5.21. The minimum Gasteiger partial charge on any atom is -0.478 e. The van der Waals surface area contributed by atoms with Crippen molar-refractivity contribution in [3.05, 3.63) is 11.6 Å².